The van der Waals surface area contributed by atoms with Crippen molar-refractivity contribution in [3.63, 3.8) is 0 Å². The van der Waals surface area contributed by atoms with Crippen molar-refractivity contribution in [3.05, 3.63) is 87.5 Å². The summed E-state index contributed by atoms with van der Waals surface area (Å²) in [5, 5.41) is 1.85. The number of aromatic nitrogens is 1. The molecule has 1 fully saturated rings. The van der Waals surface area contributed by atoms with Gasteiger partial charge in [-0.15, -0.1) is 0 Å². The number of aryl methyl sites for hydroxylation is 3. The van der Waals surface area contributed by atoms with Crippen molar-refractivity contribution >= 4 is 60.1 Å². The minimum absolute atomic E-state index is 0.00465. The van der Waals surface area contributed by atoms with Gasteiger partial charge in [0.15, 0.2) is 0 Å². The SMILES string of the molecule is Cc1cc(OCCCn2c(C(=O)NS(=O)(=O)c3ccc(S(=O)(=O)N4CCC[C@H](C)C4)cc3)cc3cc(Cl)ccc32)cc(C)c1Cl. The lowest BCUT2D eigenvalue weighted by Gasteiger charge is -2.30. The van der Waals surface area contributed by atoms with Gasteiger partial charge in [0.1, 0.15) is 11.4 Å². The third-order valence-electron chi connectivity index (χ3n) is 7.92. The van der Waals surface area contributed by atoms with Gasteiger partial charge < -0.3 is 9.30 Å². The van der Waals surface area contributed by atoms with E-state index in [0.717, 1.165) is 24.0 Å². The Hall–Kier alpha value is -3.09. The van der Waals surface area contributed by atoms with E-state index in [0.29, 0.717) is 59.4 Å². The number of amides is 1. The Balaban J connectivity index is 1.32. The third-order valence-corrected chi connectivity index (χ3v) is 12.0. The summed E-state index contributed by atoms with van der Waals surface area (Å²) >= 11 is 12.5. The average Bonchev–Trinajstić information content (AvgIpc) is 3.35. The number of fused-ring (bicyclic) bond motifs is 1. The second-order valence-corrected chi connectivity index (χ2v) is 15.9. The predicted molar refractivity (Wildman–Crippen MR) is 176 cm³/mol. The molecule has 13 heteroatoms. The minimum atomic E-state index is -4.32. The zero-order chi connectivity index (χ0) is 32.5. The first-order valence-corrected chi connectivity index (χ1v) is 18.3. The maximum absolute atomic E-state index is 13.4. The summed E-state index contributed by atoms with van der Waals surface area (Å²) in [6.07, 6.45) is 2.26. The van der Waals surface area contributed by atoms with Crippen molar-refractivity contribution in [1.82, 2.24) is 13.6 Å². The molecule has 0 radical (unpaired) electrons. The number of sulfonamides is 2. The van der Waals surface area contributed by atoms with E-state index >= 15 is 0 Å². The summed E-state index contributed by atoms with van der Waals surface area (Å²) in [6.45, 7) is 7.37. The molecular weight excluding hydrogens is 657 g/mol. The number of nitrogens with zero attached hydrogens (tertiary/aromatic N) is 2. The van der Waals surface area contributed by atoms with Crippen LogP contribution in [0.5, 0.6) is 5.75 Å². The van der Waals surface area contributed by atoms with Gasteiger partial charge in [0.25, 0.3) is 15.9 Å². The molecule has 45 heavy (non-hydrogen) atoms. The van der Waals surface area contributed by atoms with Gasteiger partial charge in [-0.05, 0) is 111 Å². The van der Waals surface area contributed by atoms with Crippen molar-refractivity contribution < 1.29 is 26.4 Å². The molecule has 0 aliphatic carbocycles. The Labute approximate surface area is 274 Å². The molecule has 2 heterocycles. The second kappa shape index (κ2) is 13.3. The highest BCUT2D eigenvalue weighted by Crippen LogP contribution is 2.28. The molecular formula is C32H35Cl2N3O6S2. The van der Waals surface area contributed by atoms with Crippen LogP contribution in [0.2, 0.25) is 10.0 Å². The molecule has 1 aliphatic rings. The highest BCUT2D eigenvalue weighted by molar-refractivity contribution is 7.90. The average molecular weight is 693 g/mol. The normalized spacial score (nSPS) is 16.2. The maximum atomic E-state index is 13.4. The molecule has 1 N–H and O–H groups in total. The molecule has 1 aromatic heterocycles. The van der Waals surface area contributed by atoms with Crippen molar-refractivity contribution in [3.8, 4) is 5.75 Å². The Morgan fingerprint density at radius 3 is 2.29 bits per heavy atom. The van der Waals surface area contributed by atoms with Gasteiger partial charge in [0.2, 0.25) is 10.0 Å². The van der Waals surface area contributed by atoms with Gasteiger partial charge in [-0.25, -0.2) is 21.6 Å². The van der Waals surface area contributed by atoms with Crippen LogP contribution in [0.3, 0.4) is 0 Å². The molecule has 1 atom stereocenters. The van der Waals surface area contributed by atoms with E-state index in [2.05, 4.69) is 4.72 Å². The fraction of sp³-hybridized carbons (Fsp3) is 0.344. The van der Waals surface area contributed by atoms with Crippen LogP contribution in [0.25, 0.3) is 10.9 Å². The Bertz CT molecular complexity index is 1940. The molecule has 0 saturated carbocycles. The summed E-state index contributed by atoms with van der Waals surface area (Å²) in [4.78, 5) is 13.2. The highest BCUT2D eigenvalue weighted by atomic mass is 35.5. The number of halogens is 2. The Kier molecular flexibility index (Phi) is 9.86. The Morgan fingerprint density at radius 2 is 1.62 bits per heavy atom. The second-order valence-electron chi connectivity index (χ2n) is 11.5. The van der Waals surface area contributed by atoms with Gasteiger partial charge in [0.05, 0.1) is 16.4 Å². The van der Waals surface area contributed by atoms with E-state index in [1.54, 1.807) is 28.8 Å². The quantitative estimate of drug-likeness (QED) is 0.188. The lowest BCUT2D eigenvalue weighted by atomic mass is 10.0. The lowest BCUT2D eigenvalue weighted by Crippen LogP contribution is -2.39. The standard InChI is InChI=1S/C32H35Cl2N3O6S2/c1-21-6-4-13-36(20-21)45(41,42)28-10-8-27(9-11-28)44(39,40)35-32(38)30-19-24-18-25(33)7-12-29(24)37(30)14-5-15-43-26-16-22(2)31(34)23(3)17-26/h7-12,16-19,21H,4-6,13-15,20H2,1-3H3,(H,35,38)/t21-/m0/s1. The van der Waals surface area contributed by atoms with Crippen LogP contribution in [0.1, 0.15) is 47.8 Å². The molecule has 1 saturated heterocycles. The molecule has 1 amide bonds. The number of ether oxygens (including phenoxy) is 1. The molecule has 0 bridgehead atoms. The van der Waals surface area contributed by atoms with Crippen LogP contribution < -0.4 is 9.46 Å². The van der Waals surface area contributed by atoms with Gasteiger partial charge in [-0.3, -0.25) is 4.79 Å². The van der Waals surface area contributed by atoms with Crippen molar-refractivity contribution in [2.24, 2.45) is 5.92 Å². The number of piperidine rings is 1. The zero-order valence-electron chi connectivity index (χ0n) is 25.2. The summed E-state index contributed by atoms with van der Waals surface area (Å²) < 4.78 is 64.0. The number of hydrogen-bond acceptors (Lipinski definition) is 6. The van der Waals surface area contributed by atoms with Gasteiger partial charge in [-0.1, -0.05) is 30.1 Å². The molecule has 0 unspecified atom stereocenters. The Morgan fingerprint density at radius 1 is 0.956 bits per heavy atom. The number of carbonyl (C=O) groups is 1. The molecule has 240 valence electrons. The van der Waals surface area contributed by atoms with Crippen molar-refractivity contribution in [2.75, 3.05) is 19.7 Å². The van der Waals surface area contributed by atoms with E-state index in [1.807, 2.05) is 32.9 Å². The van der Waals surface area contributed by atoms with E-state index < -0.39 is 26.0 Å². The third kappa shape index (κ3) is 7.33. The number of hydrogen-bond donors (Lipinski definition) is 1. The molecule has 5 rings (SSSR count). The maximum Gasteiger partial charge on any atom is 0.281 e. The molecule has 3 aromatic carbocycles. The van der Waals surface area contributed by atoms with Crippen LogP contribution in [-0.2, 0) is 26.6 Å². The molecule has 4 aromatic rings. The number of rotatable bonds is 10. The van der Waals surface area contributed by atoms with Crippen molar-refractivity contribution in [2.45, 2.75) is 56.4 Å². The largest absolute Gasteiger partial charge is 0.494 e. The van der Waals surface area contributed by atoms with Crippen LogP contribution in [0, 0.1) is 19.8 Å². The van der Waals surface area contributed by atoms with Gasteiger partial charge in [-0.2, -0.15) is 4.31 Å². The first-order chi connectivity index (χ1) is 21.3. The molecule has 0 spiro atoms. The number of nitrogens with one attached hydrogen (secondary N) is 1. The zero-order valence-corrected chi connectivity index (χ0v) is 28.4. The predicted octanol–water partition coefficient (Wildman–Crippen LogP) is 6.57. The molecule has 9 nitrogen and oxygen atoms in total. The summed E-state index contributed by atoms with van der Waals surface area (Å²) in [5.41, 5.74) is 2.66. The number of carbonyl (C=O) groups excluding carboxylic acids is 1. The van der Waals surface area contributed by atoms with Crippen LogP contribution in [-0.4, -0.2) is 51.3 Å². The van der Waals surface area contributed by atoms with Gasteiger partial charge >= 0.3 is 0 Å². The fourth-order valence-electron chi connectivity index (χ4n) is 5.61. The highest BCUT2D eigenvalue weighted by Gasteiger charge is 2.29. The summed E-state index contributed by atoms with van der Waals surface area (Å²) in [6, 6.07) is 15.4. The first-order valence-electron chi connectivity index (χ1n) is 14.6. The van der Waals surface area contributed by atoms with Crippen molar-refractivity contribution in [1.29, 1.82) is 0 Å². The van der Waals surface area contributed by atoms with Gasteiger partial charge in [0, 0.05) is 40.6 Å². The first kappa shape index (κ1) is 33.3. The smallest absolute Gasteiger partial charge is 0.281 e. The lowest BCUT2D eigenvalue weighted by molar-refractivity contribution is 0.0972. The topological polar surface area (TPSA) is 115 Å². The monoisotopic (exact) mass is 691 g/mol. The minimum Gasteiger partial charge on any atom is -0.494 e. The fourth-order valence-corrected chi connectivity index (χ4v) is 8.46. The van der Waals surface area contributed by atoms with E-state index in [1.165, 1.54) is 28.6 Å². The van der Waals surface area contributed by atoms with E-state index in [-0.39, 0.29) is 21.4 Å². The van der Waals surface area contributed by atoms with Crippen LogP contribution >= 0.6 is 23.2 Å². The number of benzene rings is 3. The van der Waals surface area contributed by atoms with Crippen LogP contribution in [0.4, 0.5) is 0 Å². The van der Waals surface area contributed by atoms with Crippen LogP contribution in [0.15, 0.2) is 70.5 Å². The summed E-state index contributed by atoms with van der Waals surface area (Å²) in [7, 11) is -8.08. The van der Waals surface area contributed by atoms with E-state index in [9.17, 15) is 21.6 Å². The molecule has 1 aliphatic heterocycles. The summed E-state index contributed by atoms with van der Waals surface area (Å²) in [5.74, 6) is 0.109. The van der Waals surface area contributed by atoms with E-state index in [4.69, 9.17) is 27.9 Å².